The van der Waals surface area contributed by atoms with E-state index >= 15 is 0 Å². The molecule has 0 spiro atoms. The minimum atomic E-state index is -3.51. The van der Waals surface area contributed by atoms with Crippen LogP contribution in [0.2, 0.25) is 0 Å². The number of hydrogen-bond acceptors (Lipinski definition) is 6. The van der Waals surface area contributed by atoms with Gasteiger partial charge >= 0.3 is 0 Å². The minimum absolute atomic E-state index is 0.226. The molecule has 0 aliphatic carbocycles. The topological polar surface area (TPSA) is 100 Å². The van der Waals surface area contributed by atoms with Gasteiger partial charge in [0, 0.05) is 18.5 Å². The van der Waals surface area contributed by atoms with Gasteiger partial charge in [-0.25, -0.2) is 24.0 Å². The Morgan fingerprint density at radius 1 is 1.24 bits per heavy atom. The smallest absolute Gasteiger partial charge is 0.240 e. The summed E-state index contributed by atoms with van der Waals surface area (Å²) >= 11 is 0. The molecule has 0 radical (unpaired) electrons. The zero-order valence-electron chi connectivity index (χ0n) is 12.0. The highest BCUT2D eigenvalue weighted by atomic mass is 32.2. The minimum Gasteiger partial charge on any atom is -0.308 e. The summed E-state index contributed by atoms with van der Waals surface area (Å²) in [7, 11) is 0.268. The van der Waals surface area contributed by atoms with Gasteiger partial charge in [-0.05, 0) is 44.4 Å². The lowest BCUT2D eigenvalue weighted by Gasteiger charge is -2.11. The van der Waals surface area contributed by atoms with E-state index in [-0.39, 0.29) is 4.90 Å². The van der Waals surface area contributed by atoms with Crippen LogP contribution >= 0.6 is 0 Å². The van der Waals surface area contributed by atoms with E-state index in [2.05, 4.69) is 15.1 Å². The molecular weight excluding hydrogens is 290 g/mol. The van der Waals surface area contributed by atoms with Crippen molar-refractivity contribution in [1.29, 1.82) is 0 Å². The average Bonchev–Trinajstić information content (AvgIpc) is 2.45. The first-order valence-corrected chi connectivity index (χ1v) is 7.92. The van der Waals surface area contributed by atoms with Crippen LogP contribution in [0, 0.1) is 0 Å². The number of aromatic nitrogens is 1. The predicted octanol–water partition coefficient (Wildman–Crippen LogP) is 0.360. The van der Waals surface area contributed by atoms with Crippen LogP contribution in [0.5, 0.6) is 0 Å². The maximum atomic E-state index is 12.2. The highest BCUT2D eigenvalue weighted by Gasteiger charge is 2.14. The Hall–Kier alpha value is -1.74. The van der Waals surface area contributed by atoms with E-state index < -0.39 is 10.0 Å². The predicted molar refractivity (Wildman–Crippen MR) is 83.3 cm³/mol. The molecule has 4 N–H and O–H groups in total. The second-order valence-corrected chi connectivity index (χ2v) is 6.66. The molecular formula is C13H19N5O2S. The first-order chi connectivity index (χ1) is 9.92. The van der Waals surface area contributed by atoms with Gasteiger partial charge in [0.25, 0.3) is 0 Å². The monoisotopic (exact) mass is 309 g/mol. The summed E-state index contributed by atoms with van der Waals surface area (Å²) in [4.78, 5) is 6.38. The Labute approximate surface area is 124 Å². The molecule has 0 aliphatic heterocycles. The van der Waals surface area contributed by atoms with Crippen LogP contribution in [0.4, 0.5) is 5.82 Å². The van der Waals surface area contributed by atoms with Crippen molar-refractivity contribution in [2.45, 2.75) is 4.90 Å². The lowest BCUT2D eigenvalue weighted by molar-refractivity contribution is 0.412. The Morgan fingerprint density at radius 3 is 2.67 bits per heavy atom. The molecule has 1 heterocycles. The normalized spacial score (nSPS) is 12.0. The second-order valence-electron chi connectivity index (χ2n) is 4.90. The van der Waals surface area contributed by atoms with E-state index in [1.54, 1.807) is 24.3 Å². The van der Waals surface area contributed by atoms with Gasteiger partial charge in [-0.1, -0.05) is 0 Å². The summed E-state index contributed by atoms with van der Waals surface area (Å²) in [5.74, 6) is 5.83. The Morgan fingerprint density at radius 2 is 2.00 bits per heavy atom. The van der Waals surface area contributed by atoms with Gasteiger partial charge in [0.05, 0.1) is 10.4 Å². The van der Waals surface area contributed by atoms with Crippen LogP contribution in [0.3, 0.4) is 0 Å². The van der Waals surface area contributed by atoms with E-state index in [1.165, 1.54) is 6.07 Å². The van der Waals surface area contributed by atoms with Crippen molar-refractivity contribution in [1.82, 2.24) is 14.6 Å². The molecule has 0 amide bonds. The third-order valence-corrected chi connectivity index (χ3v) is 4.43. The highest BCUT2D eigenvalue weighted by molar-refractivity contribution is 7.89. The number of nitrogens with one attached hydrogen (secondary N) is 2. The van der Waals surface area contributed by atoms with Gasteiger partial charge < -0.3 is 10.3 Å². The molecule has 0 atom stereocenters. The van der Waals surface area contributed by atoms with Crippen LogP contribution in [0.25, 0.3) is 10.9 Å². The SMILES string of the molecule is CN(C)CCNS(=O)(=O)c1ccc2nc(NN)ccc2c1. The first kappa shape index (κ1) is 15.6. The number of fused-ring (bicyclic) bond motifs is 1. The van der Waals surface area contributed by atoms with Crippen molar-refractivity contribution < 1.29 is 8.42 Å². The molecule has 2 aromatic rings. The number of nitrogens with zero attached hydrogens (tertiary/aromatic N) is 2. The molecule has 2 rings (SSSR count). The molecule has 0 fully saturated rings. The molecule has 0 aliphatic rings. The number of anilines is 1. The molecule has 0 bridgehead atoms. The number of rotatable bonds is 6. The van der Waals surface area contributed by atoms with Crippen molar-refractivity contribution in [3.8, 4) is 0 Å². The van der Waals surface area contributed by atoms with Crippen molar-refractivity contribution >= 4 is 26.7 Å². The van der Waals surface area contributed by atoms with Crippen molar-refractivity contribution in [3.63, 3.8) is 0 Å². The summed E-state index contributed by atoms with van der Waals surface area (Å²) in [6.45, 7) is 1.00. The molecule has 1 aromatic carbocycles. The zero-order chi connectivity index (χ0) is 15.5. The van der Waals surface area contributed by atoms with Crippen molar-refractivity contribution in [2.24, 2.45) is 5.84 Å². The summed E-state index contributed by atoms with van der Waals surface area (Å²) < 4.78 is 27.0. The van der Waals surface area contributed by atoms with E-state index in [4.69, 9.17) is 5.84 Å². The van der Waals surface area contributed by atoms with Gasteiger partial charge in [-0.2, -0.15) is 0 Å². The Balaban J connectivity index is 2.25. The van der Waals surface area contributed by atoms with Crippen LogP contribution in [0.15, 0.2) is 35.2 Å². The van der Waals surface area contributed by atoms with E-state index in [0.717, 1.165) is 5.39 Å². The molecule has 0 unspecified atom stereocenters. The maximum absolute atomic E-state index is 12.2. The van der Waals surface area contributed by atoms with Crippen LogP contribution < -0.4 is 16.0 Å². The quantitative estimate of drug-likeness (QED) is 0.526. The largest absolute Gasteiger partial charge is 0.308 e. The van der Waals surface area contributed by atoms with Crippen molar-refractivity contribution in [2.75, 3.05) is 32.6 Å². The Kier molecular flexibility index (Phi) is 4.73. The number of hydrogen-bond donors (Lipinski definition) is 3. The second kappa shape index (κ2) is 6.35. The number of hydrazine groups is 1. The van der Waals surface area contributed by atoms with Gasteiger partial charge in [0.1, 0.15) is 5.82 Å². The molecule has 1 aromatic heterocycles. The Bertz CT molecular complexity index is 730. The summed E-state index contributed by atoms with van der Waals surface area (Å²) in [5.41, 5.74) is 3.13. The highest BCUT2D eigenvalue weighted by Crippen LogP contribution is 2.19. The molecule has 0 saturated heterocycles. The number of benzene rings is 1. The average molecular weight is 309 g/mol. The van der Waals surface area contributed by atoms with E-state index in [9.17, 15) is 8.42 Å². The van der Waals surface area contributed by atoms with Gasteiger partial charge in [0.15, 0.2) is 0 Å². The van der Waals surface area contributed by atoms with Crippen molar-refractivity contribution in [3.05, 3.63) is 30.3 Å². The molecule has 8 heteroatoms. The fraction of sp³-hybridized carbons (Fsp3) is 0.308. The third kappa shape index (κ3) is 3.88. The third-order valence-electron chi connectivity index (χ3n) is 2.97. The lowest BCUT2D eigenvalue weighted by Crippen LogP contribution is -2.31. The van der Waals surface area contributed by atoms with Crippen LogP contribution in [-0.4, -0.2) is 45.5 Å². The number of nitrogens with two attached hydrogens (primary N) is 1. The van der Waals surface area contributed by atoms with Crippen LogP contribution in [0.1, 0.15) is 0 Å². The molecule has 0 saturated carbocycles. The van der Waals surface area contributed by atoms with E-state index in [1.807, 2.05) is 19.0 Å². The van der Waals surface area contributed by atoms with Gasteiger partial charge in [-0.3, -0.25) is 0 Å². The lowest BCUT2D eigenvalue weighted by atomic mass is 10.2. The number of nitrogen functional groups attached to an aromatic ring is 1. The maximum Gasteiger partial charge on any atom is 0.240 e. The first-order valence-electron chi connectivity index (χ1n) is 6.44. The fourth-order valence-corrected chi connectivity index (χ4v) is 2.89. The van der Waals surface area contributed by atoms with Gasteiger partial charge in [0.2, 0.25) is 10.0 Å². The van der Waals surface area contributed by atoms with E-state index in [0.29, 0.717) is 24.4 Å². The standard InChI is InChI=1S/C13H19N5O2S/c1-18(2)8-7-15-21(19,20)11-4-5-12-10(9-11)3-6-13(16-12)17-14/h3-6,9,15H,7-8,14H2,1-2H3,(H,16,17). The summed E-state index contributed by atoms with van der Waals surface area (Å²) in [6, 6.07) is 8.26. The summed E-state index contributed by atoms with van der Waals surface area (Å²) in [6.07, 6.45) is 0. The fourth-order valence-electron chi connectivity index (χ4n) is 1.84. The summed E-state index contributed by atoms with van der Waals surface area (Å²) in [5, 5.41) is 0.740. The molecule has 114 valence electrons. The number of pyridine rings is 1. The molecule has 21 heavy (non-hydrogen) atoms. The zero-order valence-corrected chi connectivity index (χ0v) is 12.8. The van der Waals surface area contributed by atoms with Crippen LogP contribution in [-0.2, 0) is 10.0 Å². The van der Waals surface area contributed by atoms with Gasteiger partial charge in [-0.15, -0.1) is 0 Å². The molecule has 7 nitrogen and oxygen atoms in total. The number of sulfonamides is 1. The number of likely N-dealkylation sites (N-methyl/N-ethyl adjacent to an activating group) is 1.